The van der Waals surface area contributed by atoms with Crippen LogP contribution in [-0.4, -0.2) is 79.4 Å². The fraction of sp³-hybridized carbons (Fsp3) is 0.846. The number of hydrogen-bond acceptors (Lipinski definition) is 4. The van der Waals surface area contributed by atoms with Gasteiger partial charge in [-0.1, -0.05) is 13.8 Å². The third kappa shape index (κ3) is 4.47. The zero-order valence-corrected chi connectivity index (χ0v) is 12.4. The molecule has 0 saturated carbocycles. The number of amides is 2. The predicted molar refractivity (Wildman–Crippen MR) is 74.5 cm³/mol. The van der Waals surface area contributed by atoms with Gasteiger partial charge in [-0.15, -0.1) is 0 Å². The highest BCUT2D eigenvalue weighted by molar-refractivity contribution is 5.82. The average Bonchev–Trinajstić information content (AvgIpc) is 2.37. The summed E-state index contributed by atoms with van der Waals surface area (Å²) < 4.78 is 0. The van der Waals surface area contributed by atoms with Crippen molar-refractivity contribution in [2.24, 2.45) is 11.7 Å². The molecule has 0 unspecified atom stereocenters. The van der Waals surface area contributed by atoms with Gasteiger partial charge in [0.2, 0.25) is 11.8 Å². The number of likely N-dealkylation sites (N-methyl/N-ethyl adjacent to an activating group) is 1. The molecule has 1 rings (SSSR count). The maximum Gasteiger partial charge on any atom is 0.239 e. The summed E-state index contributed by atoms with van der Waals surface area (Å²) in [4.78, 5) is 29.2. The Kier molecular flexibility index (Phi) is 5.75. The molecule has 1 atom stereocenters. The molecule has 2 amide bonds. The molecule has 0 spiro atoms. The zero-order valence-electron chi connectivity index (χ0n) is 12.4. The van der Waals surface area contributed by atoms with Crippen molar-refractivity contribution in [1.29, 1.82) is 0 Å². The fourth-order valence-corrected chi connectivity index (χ4v) is 1.96. The number of rotatable bonds is 4. The predicted octanol–water partition coefficient (Wildman–Crippen LogP) is -0.798. The van der Waals surface area contributed by atoms with Crippen molar-refractivity contribution in [2.45, 2.75) is 19.9 Å². The quantitative estimate of drug-likeness (QED) is 0.726. The van der Waals surface area contributed by atoms with Crippen LogP contribution in [0.2, 0.25) is 0 Å². The number of hydrogen-bond donors (Lipinski definition) is 1. The molecule has 1 saturated heterocycles. The van der Waals surface area contributed by atoms with Gasteiger partial charge in [0.1, 0.15) is 0 Å². The molecule has 0 aromatic heterocycles. The van der Waals surface area contributed by atoms with Gasteiger partial charge in [0, 0.05) is 40.3 Å². The topological polar surface area (TPSA) is 69.9 Å². The fourth-order valence-electron chi connectivity index (χ4n) is 1.96. The monoisotopic (exact) mass is 270 g/mol. The minimum atomic E-state index is -0.421. The molecule has 1 fully saturated rings. The van der Waals surface area contributed by atoms with E-state index in [4.69, 9.17) is 5.73 Å². The summed E-state index contributed by atoms with van der Waals surface area (Å²) in [5.74, 6) is 0.271. The largest absolute Gasteiger partial charge is 0.348 e. The van der Waals surface area contributed by atoms with E-state index in [1.54, 1.807) is 23.9 Å². The lowest BCUT2D eigenvalue weighted by atomic mass is 10.0. The molecule has 1 aliphatic heterocycles. The molecule has 1 aliphatic rings. The van der Waals surface area contributed by atoms with Crippen LogP contribution in [0.15, 0.2) is 0 Å². The van der Waals surface area contributed by atoms with Crippen molar-refractivity contribution in [3.8, 4) is 0 Å². The first-order valence-corrected chi connectivity index (χ1v) is 6.79. The summed E-state index contributed by atoms with van der Waals surface area (Å²) in [6, 6.07) is -0.421. The first kappa shape index (κ1) is 15.9. The number of carbonyl (C=O) groups excluding carboxylic acids is 2. The summed E-state index contributed by atoms with van der Waals surface area (Å²) in [5.41, 5.74) is 5.88. The highest BCUT2D eigenvalue weighted by Crippen LogP contribution is 2.07. The van der Waals surface area contributed by atoms with Crippen LogP contribution in [-0.2, 0) is 9.59 Å². The lowest BCUT2D eigenvalue weighted by Crippen LogP contribution is -2.55. The minimum Gasteiger partial charge on any atom is -0.348 e. The second kappa shape index (κ2) is 6.86. The van der Waals surface area contributed by atoms with Crippen molar-refractivity contribution >= 4 is 11.8 Å². The SMILES string of the molecule is CC(C)[C@@H](N)C(=O)N1CCN(CC(=O)N(C)C)CC1. The summed E-state index contributed by atoms with van der Waals surface area (Å²) in [5, 5.41) is 0. The molecule has 110 valence electrons. The van der Waals surface area contributed by atoms with Crippen LogP contribution in [0, 0.1) is 5.92 Å². The maximum absolute atomic E-state index is 12.1. The van der Waals surface area contributed by atoms with Gasteiger partial charge in [0.15, 0.2) is 0 Å². The molecule has 6 heteroatoms. The van der Waals surface area contributed by atoms with Gasteiger partial charge in [0.25, 0.3) is 0 Å². The van der Waals surface area contributed by atoms with Crippen molar-refractivity contribution in [3.63, 3.8) is 0 Å². The Labute approximate surface area is 115 Å². The van der Waals surface area contributed by atoms with Gasteiger partial charge in [-0.25, -0.2) is 0 Å². The Hall–Kier alpha value is -1.14. The molecule has 19 heavy (non-hydrogen) atoms. The normalized spacial score (nSPS) is 18.5. The van der Waals surface area contributed by atoms with Gasteiger partial charge in [-0.3, -0.25) is 14.5 Å². The molecule has 0 radical (unpaired) electrons. The van der Waals surface area contributed by atoms with E-state index < -0.39 is 6.04 Å². The Morgan fingerprint density at radius 1 is 1.16 bits per heavy atom. The zero-order chi connectivity index (χ0) is 14.6. The summed E-state index contributed by atoms with van der Waals surface area (Å²) in [6.07, 6.45) is 0. The van der Waals surface area contributed by atoms with E-state index in [-0.39, 0.29) is 17.7 Å². The number of piperazine rings is 1. The molecule has 0 aromatic rings. The molecule has 1 heterocycles. The van der Waals surface area contributed by atoms with Crippen LogP contribution < -0.4 is 5.73 Å². The molecule has 0 aromatic carbocycles. The number of nitrogens with two attached hydrogens (primary N) is 1. The van der Waals surface area contributed by atoms with Gasteiger partial charge in [-0.05, 0) is 5.92 Å². The lowest BCUT2D eigenvalue weighted by molar-refractivity contribution is -0.136. The minimum absolute atomic E-state index is 0.0218. The average molecular weight is 270 g/mol. The van der Waals surface area contributed by atoms with Crippen molar-refractivity contribution in [2.75, 3.05) is 46.8 Å². The first-order valence-electron chi connectivity index (χ1n) is 6.79. The van der Waals surface area contributed by atoms with Crippen molar-refractivity contribution in [1.82, 2.24) is 14.7 Å². The first-order chi connectivity index (χ1) is 8.82. The van der Waals surface area contributed by atoms with Crippen LogP contribution in [0.3, 0.4) is 0 Å². The van der Waals surface area contributed by atoms with E-state index in [2.05, 4.69) is 4.90 Å². The van der Waals surface area contributed by atoms with Gasteiger partial charge < -0.3 is 15.5 Å². The highest BCUT2D eigenvalue weighted by Gasteiger charge is 2.27. The second-order valence-corrected chi connectivity index (χ2v) is 5.66. The molecular weight excluding hydrogens is 244 g/mol. The molecular formula is C13H26N4O2. The van der Waals surface area contributed by atoms with E-state index >= 15 is 0 Å². The van der Waals surface area contributed by atoms with Crippen LogP contribution >= 0.6 is 0 Å². The molecule has 2 N–H and O–H groups in total. The Morgan fingerprint density at radius 2 is 1.68 bits per heavy atom. The van der Waals surface area contributed by atoms with Gasteiger partial charge in [0.05, 0.1) is 12.6 Å². The Morgan fingerprint density at radius 3 is 2.11 bits per heavy atom. The van der Waals surface area contributed by atoms with E-state index in [1.807, 2.05) is 13.8 Å². The third-order valence-electron chi connectivity index (χ3n) is 3.55. The van der Waals surface area contributed by atoms with Gasteiger partial charge >= 0.3 is 0 Å². The van der Waals surface area contributed by atoms with E-state index in [1.165, 1.54) is 0 Å². The number of carbonyl (C=O) groups is 2. The van der Waals surface area contributed by atoms with Crippen molar-refractivity contribution < 1.29 is 9.59 Å². The van der Waals surface area contributed by atoms with Crippen molar-refractivity contribution in [3.05, 3.63) is 0 Å². The van der Waals surface area contributed by atoms with E-state index in [0.29, 0.717) is 19.6 Å². The molecule has 0 aliphatic carbocycles. The molecule has 6 nitrogen and oxygen atoms in total. The highest BCUT2D eigenvalue weighted by atomic mass is 16.2. The van der Waals surface area contributed by atoms with Crippen LogP contribution in [0.1, 0.15) is 13.8 Å². The maximum atomic E-state index is 12.1. The van der Waals surface area contributed by atoms with Gasteiger partial charge in [-0.2, -0.15) is 0 Å². The smallest absolute Gasteiger partial charge is 0.239 e. The third-order valence-corrected chi connectivity index (χ3v) is 3.55. The van der Waals surface area contributed by atoms with Crippen LogP contribution in [0.25, 0.3) is 0 Å². The molecule has 0 bridgehead atoms. The van der Waals surface area contributed by atoms with E-state index in [0.717, 1.165) is 13.1 Å². The van der Waals surface area contributed by atoms with E-state index in [9.17, 15) is 9.59 Å². The Balaban J connectivity index is 2.41. The summed E-state index contributed by atoms with van der Waals surface area (Å²) in [6.45, 7) is 7.10. The van der Waals surface area contributed by atoms with Crippen LogP contribution in [0.5, 0.6) is 0 Å². The second-order valence-electron chi connectivity index (χ2n) is 5.66. The Bertz CT molecular complexity index is 323. The lowest BCUT2D eigenvalue weighted by Gasteiger charge is -2.36. The summed E-state index contributed by atoms with van der Waals surface area (Å²) in [7, 11) is 3.51. The standard InChI is InChI=1S/C13H26N4O2/c1-10(2)12(14)13(19)17-7-5-16(6-8-17)9-11(18)15(3)4/h10,12H,5-9,14H2,1-4H3/t12-/m1/s1. The number of nitrogens with zero attached hydrogens (tertiary/aromatic N) is 3. The summed E-state index contributed by atoms with van der Waals surface area (Å²) >= 11 is 0. The van der Waals surface area contributed by atoms with Crippen LogP contribution in [0.4, 0.5) is 0 Å².